The van der Waals surface area contributed by atoms with Gasteiger partial charge in [-0.15, -0.1) is 0 Å². The molecule has 13 heteroatoms. The Morgan fingerprint density at radius 3 is 2.76 bits per heavy atom. The van der Waals surface area contributed by atoms with Crippen LogP contribution >= 0.6 is 0 Å². The monoisotopic (exact) mass is 472 g/mol. The fourth-order valence-corrected chi connectivity index (χ4v) is 3.41. The van der Waals surface area contributed by atoms with E-state index in [1.807, 2.05) is 0 Å². The first-order valence-electron chi connectivity index (χ1n) is 10.4. The fourth-order valence-electron chi connectivity index (χ4n) is 3.41. The van der Waals surface area contributed by atoms with Gasteiger partial charge in [-0.2, -0.15) is 32.8 Å². The van der Waals surface area contributed by atoms with Crippen molar-refractivity contribution in [2.45, 2.75) is 38.0 Å². The number of H-pyrrole nitrogens is 2. The van der Waals surface area contributed by atoms with Crippen LogP contribution in [0.15, 0.2) is 40.2 Å². The molecule has 1 aromatic carbocycles. The quantitative estimate of drug-likeness (QED) is 0.349. The summed E-state index contributed by atoms with van der Waals surface area (Å²) < 4.78 is 40.8. The first kappa shape index (κ1) is 21.7. The number of anilines is 1. The second-order valence-corrected chi connectivity index (χ2v) is 8.02. The van der Waals surface area contributed by atoms with Crippen LogP contribution in [0.3, 0.4) is 0 Å². The third-order valence-corrected chi connectivity index (χ3v) is 5.32. The molecule has 5 rings (SSSR count). The Morgan fingerprint density at radius 2 is 2.09 bits per heavy atom. The maximum Gasteiger partial charge on any atom is 0.416 e. The van der Waals surface area contributed by atoms with Gasteiger partial charge in [-0.3, -0.25) is 4.98 Å². The summed E-state index contributed by atoms with van der Waals surface area (Å²) in [5.41, 5.74) is -0.128. The van der Waals surface area contributed by atoms with Crippen molar-refractivity contribution >= 4 is 17.7 Å². The normalized spacial score (nSPS) is 16.4. The van der Waals surface area contributed by atoms with Gasteiger partial charge < -0.3 is 15.4 Å². The Kier molecular flexibility index (Phi) is 5.10. The number of fused-ring (bicyclic) bond motifs is 1. The van der Waals surface area contributed by atoms with E-state index < -0.39 is 23.5 Å². The summed E-state index contributed by atoms with van der Waals surface area (Å²) >= 11 is 0. The lowest BCUT2D eigenvalue weighted by molar-refractivity contribution is -0.137. The highest BCUT2D eigenvalue weighted by molar-refractivity contribution is 5.57. The van der Waals surface area contributed by atoms with Crippen molar-refractivity contribution in [2.24, 2.45) is 4.99 Å². The van der Waals surface area contributed by atoms with E-state index in [4.69, 9.17) is 0 Å². The summed E-state index contributed by atoms with van der Waals surface area (Å²) in [5, 5.41) is 17.7. The average molecular weight is 472 g/mol. The Bertz CT molecular complexity index is 1550. The van der Waals surface area contributed by atoms with Gasteiger partial charge in [0.15, 0.2) is 5.65 Å². The number of benzene rings is 1. The Hall–Kier alpha value is -4.16. The zero-order valence-electron chi connectivity index (χ0n) is 17.8. The molecule has 1 unspecified atom stereocenters. The van der Waals surface area contributed by atoms with Crippen LogP contribution in [0.25, 0.3) is 11.7 Å². The molecule has 34 heavy (non-hydrogen) atoms. The predicted molar refractivity (Wildman–Crippen MR) is 115 cm³/mol. The summed E-state index contributed by atoms with van der Waals surface area (Å²) in [4.78, 5) is 29.6. The molecular weight excluding hydrogens is 453 g/mol. The molecule has 0 spiro atoms. The van der Waals surface area contributed by atoms with E-state index in [-0.39, 0.29) is 29.2 Å². The lowest BCUT2D eigenvalue weighted by atomic mass is 10.1. The number of rotatable bonds is 5. The third kappa shape index (κ3) is 4.36. The van der Waals surface area contributed by atoms with E-state index in [0.717, 1.165) is 25.0 Å². The van der Waals surface area contributed by atoms with Gasteiger partial charge in [0.2, 0.25) is 11.8 Å². The Balaban J connectivity index is 1.58. The number of hydrogen-bond acceptors (Lipinski definition) is 7. The molecule has 1 fully saturated rings. The first-order chi connectivity index (χ1) is 16.2. The molecular formula is C21H19F3N8O2. The van der Waals surface area contributed by atoms with Gasteiger partial charge in [-0.1, -0.05) is 12.1 Å². The van der Waals surface area contributed by atoms with E-state index >= 15 is 0 Å². The summed E-state index contributed by atoms with van der Waals surface area (Å²) in [6, 6.07) is 4.61. The van der Waals surface area contributed by atoms with Crippen LogP contribution in [-0.2, 0) is 6.18 Å². The first-order valence-corrected chi connectivity index (χ1v) is 10.4. The molecule has 0 amide bonds. The molecule has 0 aliphatic heterocycles. The number of aromatic amines is 2. The van der Waals surface area contributed by atoms with Crippen LogP contribution in [0.2, 0.25) is 0 Å². The number of halogens is 3. The third-order valence-electron chi connectivity index (χ3n) is 5.32. The number of aromatic hydroxyl groups is 1. The van der Waals surface area contributed by atoms with Crippen molar-refractivity contribution in [1.29, 1.82) is 0 Å². The van der Waals surface area contributed by atoms with Crippen LogP contribution < -0.4 is 21.8 Å². The summed E-state index contributed by atoms with van der Waals surface area (Å²) in [5.74, 6) is -0.184. The topological polar surface area (TPSA) is 136 Å². The second kappa shape index (κ2) is 8.01. The van der Waals surface area contributed by atoms with E-state index in [9.17, 15) is 23.1 Å². The minimum atomic E-state index is -4.45. The Labute approximate surface area is 188 Å². The number of aromatic nitrogens is 6. The van der Waals surface area contributed by atoms with Crippen molar-refractivity contribution in [3.05, 3.63) is 68.6 Å². The summed E-state index contributed by atoms with van der Waals surface area (Å²) in [7, 11) is 0. The van der Waals surface area contributed by atoms with Crippen molar-refractivity contribution in [3.8, 4) is 5.88 Å². The molecule has 3 heterocycles. The molecule has 1 saturated carbocycles. The molecule has 4 N–H and O–H groups in total. The molecule has 0 saturated heterocycles. The highest BCUT2D eigenvalue weighted by atomic mass is 19.4. The van der Waals surface area contributed by atoms with Crippen LogP contribution in [0, 0.1) is 0 Å². The molecule has 0 bridgehead atoms. The van der Waals surface area contributed by atoms with Crippen LogP contribution in [-0.4, -0.2) is 40.7 Å². The standard InChI is InChI=1S/C21H19F3N8O2/c1-10(11-3-2-4-13(7-11)21(22,23)24)26-18-29-16-12(8-15-17(33)30-20(34)28-15)9-25-32(16)19(31-18)27-14-5-6-14/h2-4,7-10,14,33H,5-6H2,1H3,(H,26,27,31)(H2,28,30,34). The summed E-state index contributed by atoms with van der Waals surface area (Å²) in [6.07, 6.45) is 0.375. The molecule has 0 radical (unpaired) electrons. The van der Waals surface area contributed by atoms with E-state index in [2.05, 4.69) is 35.3 Å². The van der Waals surface area contributed by atoms with Gasteiger partial charge in [0.25, 0.3) is 5.62 Å². The van der Waals surface area contributed by atoms with Gasteiger partial charge in [0, 0.05) is 5.22 Å². The second-order valence-electron chi connectivity index (χ2n) is 8.02. The zero-order valence-corrected chi connectivity index (χ0v) is 17.8. The van der Waals surface area contributed by atoms with Crippen LogP contribution in [0.5, 0.6) is 5.88 Å². The fraction of sp³-hybridized carbons (Fsp3) is 0.286. The minimum Gasteiger partial charge on any atom is -0.493 e. The Morgan fingerprint density at radius 1 is 1.29 bits per heavy atom. The van der Waals surface area contributed by atoms with Gasteiger partial charge in [0.1, 0.15) is 5.69 Å². The van der Waals surface area contributed by atoms with Gasteiger partial charge >= 0.3 is 11.9 Å². The molecule has 1 aliphatic carbocycles. The highest BCUT2D eigenvalue weighted by Gasteiger charge is 2.30. The van der Waals surface area contributed by atoms with E-state index in [1.54, 1.807) is 13.0 Å². The van der Waals surface area contributed by atoms with Crippen molar-refractivity contribution in [3.63, 3.8) is 0 Å². The van der Waals surface area contributed by atoms with Crippen molar-refractivity contribution in [1.82, 2.24) is 29.5 Å². The molecule has 1 aliphatic rings. The number of nitrogens with one attached hydrogen (secondary N) is 3. The summed E-state index contributed by atoms with van der Waals surface area (Å²) in [6.45, 7) is 1.70. The van der Waals surface area contributed by atoms with Crippen molar-refractivity contribution < 1.29 is 18.3 Å². The average Bonchev–Trinajstić information content (AvgIpc) is 3.42. The molecule has 176 valence electrons. The number of imidazole rings is 1. The molecule has 3 aromatic heterocycles. The lowest BCUT2D eigenvalue weighted by Gasteiger charge is -2.16. The number of nitrogens with zero attached hydrogens (tertiary/aromatic N) is 5. The highest BCUT2D eigenvalue weighted by Crippen LogP contribution is 2.31. The predicted octanol–water partition coefficient (Wildman–Crippen LogP) is 1.65. The zero-order chi connectivity index (χ0) is 24.0. The lowest BCUT2D eigenvalue weighted by Crippen LogP contribution is -2.25. The maximum atomic E-state index is 13.1. The molecule has 1 atom stereocenters. The number of alkyl halides is 3. The molecule has 4 aromatic rings. The largest absolute Gasteiger partial charge is 0.493 e. The maximum absolute atomic E-state index is 13.1. The van der Waals surface area contributed by atoms with Gasteiger partial charge in [-0.05, 0) is 43.5 Å². The molecule has 10 nitrogen and oxygen atoms in total. The van der Waals surface area contributed by atoms with Gasteiger partial charge in [0.05, 0.1) is 23.8 Å². The SMILES string of the molecule is CC(Nc1nc(=NC2CC2)n2ncc(=Cc3[nH]c(=O)[nH]c3O)c2n1)c1cccc(C(F)(F)F)c1. The minimum absolute atomic E-state index is 0.119. The van der Waals surface area contributed by atoms with E-state index in [1.165, 1.54) is 22.9 Å². The van der Waals surface area contributed by atoms with Crippen LogP contribution in [0.1, 0.15) is 42.6 Å². The van der Waals surface area contributed by atoms with Crippen LogP contribution in [0.4, 0.5) is 19.1 Å². The smallest absolute Gasteiger partial charge is 0.416 e. The van der Waals surface area contributed by atoms with Crippen molar-refractivity contribution in [2.75, 3.05) is 5.32 Å². The van der Waals surface area contributed by atoms with E-state index in [0.29, 0.717) is 16.4 Å². The number of hydrogen-bond donors (Lipinski definition) is 4. The van der Waals surface area contributed by atoms with Gasteiger partial charge in [-0.25, -0.2) is 9.79 Å².